The Kier molecular flexibility index (Phi) is 10.2. The maximum Gasteiger partial charge on any atom is 0.258 e. The van der Waals surface area contributed by atoms with E-state index in [-0.39, 0.29) is 24.3 Å². The summed E-state index contributed by atoms with van der Waals surface area (Å²) < 4.78 is 41.0. The van der Waals surface area contributed by atoms with Gasteiger partial charge in [0.1, 0.15) is 11.6 Å². The van der Waals surface area contributed by atoms with Gasteiger partial charge in [-0.05, 0) is 118 Å². The number of nitrogens with zero attached hydrogens (tertiary/aromatic N) is 8. The van der Waals surface area contributed by atoms with Gasteiger partial charge in [-0.15, -0.1) is 0 Å². The average molecular weight is 873 g/mol. The Hall–Kier alpha value is -5.90. The van der Waals surface area contributed by atoms with Gasteiger partial charge in [-0.3, -0.25) is 34.9 Å². The molecule has 2 aromatic carbocycles. The Morgan fingerprint density at radius 1 is 0.828 bits per heavy atom. The average Bonchev–Trinajstić information content (AvgIpc) is 3.98. The number of imidazole rings is 1. The summed E-state index contributed by atoms with van der Waals surface area (Å²) in [7, 11) is 1.87. The Bertz CT molecular complexity index is 2650. The Morgan fingerprint density at radius 3 is 2.34 bits per heavy atom. The number of aromatic nitrogens is 5. The molecule has 5 aliphatic heterocycles. The van der Waals surface area contributed by atoms with E-state index in [1.807, 2.05) is 18.9 Å². The van der Waals surface area contributed by atoms with Gasteiger partial charge in [0.25, 0.3) is 5.91 Å². The van der Waals surface area contributed by atoms with E-state index < -0.39 is 29.4 Å². The van der Waals surface area contributed by atoms with Gasteiger partial charge in [0, 0.05) is 93.5 Å². The van der Waals surface area contributed by atoms with Crippen molar-refractivity contribution in [3.05, 3.63) is 77.1 Å². The second-order valence-electron chi connectivity index (χ2n) is 19.3. The largest absolute Gasteiger partial charge is 0.477 e. The van der Waals surface area contributed by atoms with E-state index in [1.165, 1.54) is 17.8 Å². The fourth-order valence-electron chi connectivity index (χ4n) is 11.6. The lowest BCUT2D eigenvalue weighted by atomic mass is 9.70. The molecule has 1 spiro atoms. The summed E-state index contributed by atoms with van der Waals surface area (Å²) in [5.74, 6) is -1.71. The van der Waals surface area contributed by atoms with Gasteiger partial charge in [-0.1, -0.05) is 0 Å². The van der Waals surface area contributed by atoms with E-state index in [9.17, 15) is 14.4 Å². The summed E-state index contributed by atoms with van der Waals surface area (Å²) in [5.41, 5.74) is 6.24. The topological polar surface area (TPSA) is 143 Å². The van der Waals surface area contributed by atoms with Crippen LogP contribution in [0.3, 0.4) is 0 Å². The van der Waals surface area contributed by atoms with Gasteiger partial charge in [-0.2, -0.15) is 5.10 Å². The molecule has 5 aromatic rings. The van der Waals surface area contributed by atoms with Crippen LogP contribution in [0.1, 0.15) is 85.3 Å². The molecule has 16 heteroatoms. The molecule has 3 aromatic heterocycles. The zero-order valence-corrected chi connectivity index (χ0v) is 36.4. The number of anilines is 3. The van der Waals surface area contributed by atoms with Crippen molar-refractivity contribution >= 4 is 46.1 Å². The van der Waals surface area contributed by atoms with E-state index in [2.05, 4.69) is 48.3 Å². The number of ether oxygens (including phenoxy) is 1. The predicted molar refractivity (Wildman–Crippen MR) is 237 cm³/mol. The van der Waals surface area contributed by atoms with Crippen LogP contribution in [0.15, 0.2) is 48.7 Å². The number of imide groups is 1. The number of likely N-dealkylation sites (tertiary alicyclic amines) is 1. The molecule has 4 saturated heterocycles. The van der Waals surface area contributed by atoms with Crippen LogP contribution in [0.4, 0.5) is 26.1 Å². The first-order valence-corrected chi connectivity index (χ1v) is 23.0. The Morgan fingerprint density at radius 2 is 1.58 bits per heavy atom. The molecule has 4 bridgehead atoms. The van der Waals surface area contributed by atoms with E-state index in [4.69, 9.17) is 14.7 Å². The third kappa shape index (κ3) is 7.46. The second kappa shape index (κ2) is 16.0. The first kappa shape index (κ1) is 40.8. The van der Waals surface area contributed by atoms with Gasteiger partial charge in [0.2, 0.25) is 23.6 Å². The summed E-state index contributed by atoms with van der Waals surface area (Å²) in [6.07, 6.45) is 9.15. The van der Waals surface area contributed by atoms with Crippen molar-refractivity contribution in [2.24, 2.45) is 24.3 Å². The maximum absolute atomic E-state index is 15.3. The van der Waals surface area contributed by atoms with Crippen LogP contribution >= 0.6 is 0 Å². The van der Waals surface area contributed by atoms with E-state index in [1.54, 1.807) is 23.0 Å². The number of benzene rings is 2. The zero-order chi connectivity index (χ0) is 43.9. The fourth-order valence-corrected chi connectivity index (χ4v) is 11.6. The number of halogens is 2. The number of aryl methyl sites for hydroxylation is 2. The van der Waals surface area contributed by atoms with Crippen LogP contribution in [0, 0.1) is 35.8 Å². The van der Waals surface area contributed by atoms with Crippen molar-refractivity contribution in [1.82, 2.24) is 34.5 Å². The normalized spacial score (nSPS) is 24.1. The lowest BCUT2D eigenvalue weighted by Crippen LogP contribution is -2.64. The predicted octanol–water partition coefficient (Wildman–Crippen LogP) is 6.57. The molecule has 14 nitrogen and oxygen atoms in total. The number of rotatable bonds is 4. The molecule has 3 atom stereocenters. The minimum Gasteiger partial charge on any atom is -0.477 e. The van der Waals surface area contributed by atoms with Gasteiger partial charge < -0.3 is 19.1 Å². The third-order valence-electron chi connectivity index (χ3n) is 15.1. The van der Waals surface area contributed by atoms with Crippen LogP contribution in [0.2, 0.25) is 0 Å². The quantitative estimate of drug-likeness (QED) is 0.191. The summed E-state index contributed by atoms with van der Waals surface area (Å²) in [6.45, 7) is 8.73. The number of amides is 3. The molecule has 1 aliphatic carbocycles. The van der Waals surface area contributed by atoms with Gasteiger partial charge >= 0.3 is 0 Å². The minimum absolute atomic E-state index is 0.0662. The van der Waals surface area contributed by atoms with Crippen molar-refractivity contribution < 1.29 is 27.9 Å². The maximum atomic E-state index is 15.3. The van der Waals surface area contributed by atoms with Crippen LogP contribution in [-0.2, 0) is 23.2 Å². The summed E-state index contributed by atoms with van der Waals surface area (Å²) >= 11 is 0. The minimum atomic E-state index is -1.000. The lowest BCUT2D eigenvalue weighted by Gasteiger charge is -2.57. The summed E-state index contributed by atoms with van der Waals surface area (Å²) in [6, 6.07) is 13.3. The molecular weight excluding hydrogens is 819 g/mol. The highest BCUT2D eigenvalue weighted by atomic mass is 19.1. The molecule has 3 amide bonds. The van der Waals surface area contributed by atoms with Crippen molar-refractivity contribution in [2.75, 3.05) is 61.0 Å². The number of hydrogen-bond donors (Lipinski definition) is 2. The van der Waals surface area contributed by atoms with Crippen molar-refractivity contribution in [2.45, 2.75) is 83.2 Å². The highest BCUT2D eigenvalue weighted by Crippen LogP contribution is 2.45. The fraction of sp³-hybridized carbons (Fsp3) is 0.500. The summed E-state index contributed by atoms with van der Waals surface area (Å²) in [4.78, 5) is 54.8. The smallest absolute Gasteiger partial charge is 0.258 e. The highest BCUT2D eigenvalue weighted by Gasteiger charge is 2.47. The lowest BCUT2D eigenvalue weighted by molar-refractivity contribution is -0.134. The number of carbonyl (C=O) groups excluding carboxylic acids is 3. The van der Waals surface area contributed by atoms with E-state index in [0.29, 0.717) is 71.8 Å². The SMILES string of the molecule is Cc1cc2cc(n1)-c1cnn(C)c1OC[C@H]1CC[C@H](C1)Cn1c(nc3ccc(N4CCC5(CC4)CN(C4CCN(c6cc(F)c([C@H]7CCC(=O)NC7=O)c(F)c6)CC4)C5)cc31)NC2=O. The molecule has 6 aliphatic rings. The Labute approximate surface area is 370 Å². The molecule has 0 radical (unpaired) electrons. The highest BCUT2D eigenvalue weighted by molar-refractivity contribution is 6.05. The molecule has 2 N–H and O–H groups in total. The standard InChI is InChI=1S/C48H54F2N10O4/c1-28-17-31-19-40(52-28)36-23-51-56(2)46(36)64-25-30-4-3-29(18-30)24-60-41-22-33(5-7-39(41)53-47(60)55-44(31)62)58-15-11-48(12-16-58)26-59(27-48)32-9-13-57(14-10-32)34-20-37(49)43(38(50)21-34)35-6-8-42(61)54-45(35)63/h5,7,17,19-23,29-30,32,35H,3-4,6,8-16,18,24-27H2,1-2H3,(H,53,55,62)(H,54,61,63)/t29-,30+,35-/m1/s1. The monoisotopic (exact) mass is 872 g/mol. The Balaban J connectivity index is 0.745. The number of carbonyl (C=O) groups is 3. The number of fused-ring (bicyclic) bond motifs is 9. The van der Waals surface area contributed by atoms with E-state index >= 15 is 8.78 Å². The molecule has 1 saturated carbocycles. The molecular formula is C48H54F2N10O4. The molecule has 64 heavy (non-hydrogen) atoms. The summed E-state index contributed by atoms with van der Waals surface area (Å²) in [5, 5.41) is 9.86. The van der Waals surface area contributed by atoms with Gasteiger partial charge in [0.15, 0.2) is 0 Å². The number of piperidine rings is 3. The third-order valence-corrected chi connectivity index (χ3v) is 15.1. The molecule has 0 unspecified atom stereocenters. The van der Waals surface area contributed by atoms with Gasteiger partial charge in [-0.25, -0.2) is 18.4 Å². The molecule has 8 heterocycles. The number of nitrogens with one attached hydrogen (secondary N) is 2. The second-order valence-corrected chi connectivity index (χ2v) is 19.3. The first-order chi connectivity index (χ1) is 31.0. The van der Waals surface area contributed by atoms with Crippen molar-refractivity contribution in [1.29, 1.82) is 0 Å². The van der Waals surface area contributed by atoms with Crippen LogP contribution in [-0.4, -0.2) is 98.9 Å². The molecule has 334 valence electrons. The molecule has 11 rings (SSSR count). The van der Waals surface area contributed by atoms with Crippen LogP contribution in [0.5, 0.6) is 5.88 Å². The van der Waals surface area contributed by atoms with Crippen molar-refractivity contribution in [3.63, 3.8) is 0 Å². The number of hydrogen-bond acceptors (Lipinski definition) is 10. The van der Waals surface area contributed by atoms with Crippen LogP contribution < -0.4 is 25.2 Å². The zero-order valence-electron chi connectivity index (χ0n) is 36.4. The van der Waals surface area contributed by atoms with Crippen molar-refractivity contribution in [3.8, 4) is 17.1 Å². The van der Waals surface area contributed by atoms with E-state index in [0.717, 1.165) is 100.0 Å². The molecule has 5 fully saturated rings. The van der Waals surface area contributed by atoms with Crippen LogP contribution in [0.25, 0.3) is 22.3 Å². The number of pyridine rings is 1. The van der Waals surface area contributed by atoms with Gasteiger partial charge in [0.05, 0.1) is 41.0 Å². The first-order valence-electron chi connectivity index (χ1n) is 23.0.